The Hall–Kier alpha value is -3.27. The third-order valence-electron chi connectivity index (χ3n) is 8.57. The molecule has 2 aromatic rings. The number of carbonyl (C=O) groups excluding carboxylic acids is 5. The minimum Gasteiger partial charge on any atom is -0.356 e. The van der Waals surface area contributed by atoms with E-state index < -0.39 is 35.6 Å². The molecular weight excluding hydrogens is 504 g/mol. The summed E-state index contributed by atoms with van der Waals surface area (Å²) < 4.78 is 1.01. The molecule has 1 spiro atoms. The zero-order valence-corrected chi connectivity index (χ0v) is 22.0. The zero-order chi connectivity index (χ0) is 26.4. The Bertz CT molecular complexity index is 1310. The van der Waals surface area contributed by atoms with E-state index in [1.807, 2.05) is 29.6 Å². The van der Waals surface area contributed by atoms with Gasteiger partial charge in [0.05, 0.1) is 11.6 Å². The van der Waals surface area contributed by atoms with Gasteiger partial charge in [0.15, 0.2) is 0 Å². The van der Waals surface area contributed by atoms with Crippen molar-refractivity contribution in [2.75, 3.05) is 13.1 Å². The lowest BCUT2D eigenvalue weighted by Crippen LogP contribution is -2.58. The second-order valence-electron chi connectivity index (χ2n) is 11.3. The van der Waals surface area contributed by atoms with Crippen molar-refractivity contribution in [3.05, 3.63) is 35.2 Å². The van der Waals surface area contributed by atoms with Crippen LogP contribution < -0.4 is 16.0 Å². The normalized spacial score (nSPS) is 24.6. The number of rotatable bonds is 8. The number of ketones is 1. The molecule has 6 rings (SSSR count). The maximum absolute atomic E-state index is 13.8. The summed E-state index contributed by atoms with van der Waals surface area (Å²) in [6, 6.07) is 5.86. The Morgan fingerprint density at radius 2 is 1.89 bits per heavy atom. The molecule has 4 amide bonds. The Kier molecular flexibility index (Phi) is 6.45. The molecule has 0 unspecified atom stereocenters. The number of thiophene rings is 1. The van der Waals surface area contributed by atoms with E-state index in [0.29, 0.717) is 31.5 Å². The fourth-order valence-electron chi connectivity index (χ4n) is 5.84. The number of nitrogens with one attached hydrogen (secondary N) is 3. The fraction of sp³-hybridized carbons (Fsp3) is 0.536. The van der Waals surface area contributed by atoms with Crippen molar-refractivity contribution in [3.8, 4) is 0 Å². The van der Waals surface area contributed by atoms with Gasteiger partial charge in [-0.15, -0.1) is 11.3 Å². The Morgan fingerprint density at radius 3 is 2.61 bits per heavy atom. The number of carbonyl (C=O) groups is 5. The predicted octanol–water partition coefficient (Wildman–Crippen LogP) is 2.14. The van der Waals surface area contributed by atoms with Gasteiger partial charge in [0.1, 0.15) is 6.04 Å². The second-order valence-corrected chi connectivity index (χ2v) is 12.2. The van der Waals surface area contributed by atoms with Gasteiger partial charge in [-0.25, -0.2) is 0 Å². The number of Topliss-reactive ketones (excluding diaryl/α,β-unsaturated/α-hetero) is 1. The van der Waals surface area contributed by atoms with Crippen LogP contribution in [0.3, 0.4) is 0 Å². The van der Waals surface area contributed by atoms with E-state index in [1.54, 1.807) is 4.90 Å². The van der Waals surface area contributed by atoms with Gasteiger partial charge < -0.3 is 20.9 Å². The number of likely N-dealkylation sites (tertiary alicyclic amines) is 1. The zero-order valence-electron chi connectivity index (χ0n) is 21.2. The average Bonchev–Trinajstić information content (AvgIpc) is 3.80. The number of amides is 4. The van der Waals surface area contributed by atoms with Crippen LogP contribution in [-0.2, 0) is 19.2 Å². The van der Waals surface area contributed by atoms with E-state index in [0.717, 1.165) is 42.2 Å². The lowest BCUT2D eigenvalue weighted by Gasteiger charge is -2.39. The number of piperidine rings is 1. The summed E-state index contributed by atoms with van der Waals surface area (Å²) in [5.41, 5.74) is 0.637. The summed E-state index contributed by atoms with van der Waals surface area (Å²) in [4.78, 5) is 67.3. The molecule has 10 heteroatoms. The standard InChI is InChI=1S/C28H32N4O5S/c33-23(26(36)30-17-5-6-17)20(13-16-7-11-29-24(16)34)31-25(35)21-14-28(8-9-28)10-12-32(21)27(37)19-15-38-22-4-2-1-3-18(19)22/h1-4,15-17,20-21H,5-14H2,(H,29,34)(H,30,36)(H,31,35)/t16-,20-,21-/m0/s1. The Morgan fingerprint density at radius 1 is 1.11 bits per heavy atom. The molecule has 2 saturated carbocycles. The van der Waals surface area contributed by atoms with Gasteiger partial charge in [0, 0.05) is 40.5 Å². The van der Waals surface area contributed by atoms with Crippen molar-refractivity contribution in [2.45, 2.75) is 69.5 Å². The molecule has 3 N–H and O–H groups in total. The molecule has 9 nitrogen and oxygen atoms in total. The van der Waals surface area contributed by atoms with Crippen LogP contribution in [0.4, 0.5) is 0 Å². The van der Waals surface area contributed by atoms with E-state index in [-0.39, 0.29) is 29.7 Å². The van der Waals surface area contributed by atoms with Gasteiger partial charge in [-0.2, -0.15) is 0 Å². The van der Waals surface area contributed by atoms with Crippen molar-refractivity contribution in [1.29, 1.82) is 0 Å². The first-order valence-electron chi connectivity index (χ1n) is 13.5. The van der Waals surface area contributed by atoms with E-state index >= 15 is 0 Å². The molecule has 2 aliphatic heterocycles. The molecule has 0 radical (unpaired) electrons. The molecule has 38 heavy (non-hydrogen) atoms. The number of hydrogen-bond acceptors (Lipinski definition) is 6. The van der Waals surface area contributed by atoms with Crippen LogP contribution in [0.15, 0.2) is 29.6 Å². The molecule has 2 aliphatic carbocycles. The lowest BCUT2D eigenvalue weighted by atomic mass is 9.86. The first kappa shape index (κ1) is 25.0. The summed E-state index contributed by atoms with van der Waals surface area (Å²) in [6.45, 7) is 0.974. The molecule has 1 aromatic carbocycles. The minimum absolute atomic E-state index is 0.000744. The van der Waals surface area contributed by atoms with E-state index in [1.165, 1.54) is 11.3 Å². The molecule has 1 aromatic heterocycles. The monoisotopic (exact) mass is 536 g/mol. The third-order valence-corrected chi connectivity index (χ3v) is 9.53. The average molecular weight is 537 g/mol. The fourth-order valence-corrected chi connectivity index (χ4v) is 6.77. The molecule has 3 heterocycles. The molecule has 4 fully saturated rings. The van der Waals surface area contributed by atoms with Gasteiger partial charge in [0.25, 0.3) is 11.8 Å². The van der Waals surface area contributed by atoms with Crippen molar-refractivity contribution < 1.29 is 24.0 Å². The SMILES string of the molecule is O=C(NC1CC1)C(=O)[C@H](C[C@@H]1CCNC1=O)NC(=O)[C@@H]1CC2(CCN1C(=O)c1csc3ccccc13)CC2. The highest BCUT2D eigenvalue weighted by Crippen LogP contribution is 2.55. The highest BCUT2D eigenvalue weighted by molar-refractivity contribution is 7.17. The van der Waals surface area contributed by atoms with E-state index in [2.05, 4.69) is 16.0 Å². The first-order valence-corrected chi connectivity index (χ1v) is 14.4. The first-order chi connectivity index (χ1) is 18.3. The van der Waals surface area contributed by atoms with Crippen LogP contribution >= 0.6 is 11.3 Å². The van der Waals surface area contributed by atoms with Crippen LogP contribution in [0.1, 0.15) is 61.7 Å². The van der Waals surface area contributed by atoms with E-state index in [9.17, 15) is 24.0 Å². The van der Waals surface area contributed by atoms with Gasteiger partial charge in [-0.3, -0.25) is 24.0 Å². The van der Waals surface area contributed by atoms with Crippen molar-refractivity contribution >= 4 is 50.8 Å². The summed E-state index contributed by atoms with van der Waals surface area (Å²) >= 11 is 1.50. The summed E-state index contributed by atoms with van der Waals surface area (Å²) in [6.07, 6.45) is 5.70. The van der Waals surface area contributed by atoms with Crippen LogP contribution in [0.25, 0.3) is 10.1 Å². The van der Waals surface area contributed by atoms with Crippen molar-refractivity contribution in [1.82, 2.24) is 20.9 Å². The van der Waals surface area contributed by atoms with Crippen LogP contribution in [0, 0.1) is 11.3 Å². The Balaban J connectivity index is 1.24. The molecule has 200 valence electrons. The smallest absolute Gasteiger partial charge is 0.289 e. The second kappa shape index (κ2) is 9.80. The van der Waals surface area contributed by atoms with Gasteiger partial charge in [-0.1, -0.05) is 18.2 Å². The highest BCUT2D eigenvalue weighted by atomic mass is 32.1. The quantitative estimate of drug-likeness (QED) is 0.446. The third kappa shape index (κ3) is 4.93. The number of benzene rings is 1. The lowest BCUT2D eigenvalue weighted by molar-refractivity contribution is -0.141. The summed E-state index contributed by atoms with van der Waals surface area (Å²) in [7, 11) is 0. The van der Waals surface area contributed by atoms with Crippen molar-refractivity contribution in [2.24, 2.45) is 11.3 Å². The van der Waals surface area contributed by atoms with Crippen LogP contribution in [-0.4, -0.2) is 65.5 Å². The summed E-state index contributed by atoms with van der Waals surface area (Å²) in [5.74, 6) is -2.70. The maximum atomic E-state index is 13.8. The number of nitrogens with zero attached hydrogens (tertiary/aromatic N) is 1. The molecule has 2 saturated heterocycles. The number of hydrogen-bond donors (Lipinski definition) is 3. The van der Waals surface area contributed by atoms with Gasteiger partial charge in [-0.05, 0) is 62.8 Å². The molecule has 0 bridgehead atoms. The van der Waals surface area contributed by atoms with Crippen LogP contribution in [0.2, 0.25) is 0 Å². The molecule has 3 atom stereocenters. The number of fused-ring (bicyclic) bond motifs is 1. The van der Waals surface area contributed by atoms with Crippen molar-refractivity contribution in [3.63, 3.8) is 0 Å². The molecular formula is C28H32N4O5S. The molecule has 4 aliphatic rings. The van der Waals surface area contributed by atoms with E-state index in [4.69, 9.17) is 0 Å². The maximum Gasteiger partial charge on any atom is 0.289 e. The largest absolute Gasteiger partial charge is 0.356 e. The van der Waals surface area contributed by atoms with Gasteiger partial charge in [0.2, 0.25) is 17.6 Å². The topological polar surface area (TPSA) is 125 Å². The highest BCUT2D eigenvalue weighted by Gasteiger charge is 2.51. The Labute approximate surface area is 224 Å². The summed E-state index contributed by atoms with van der Waals surface area (Å²) in [5, 5.41) is 11.0. The predicted molar refractivity (Wildman–Crippen MR) is 141 cm³/mol. The van der Waals surface area contributed by atoms with Gasteiger partial charge >= 0.3 is 0 Å². The van der Waals surface area contributed by atoms with Crippen LogP contribution in [0.5, 0.6) is 0 Å². The minimum atomic E-state index is -1.12.